The van der Waals surface area contributed by atoms with E-state index >= 15 is 0 Å². The van der Waals surface area contributed by atoms with Crippen LogP contribution in [0.3, 0.4) is 0 Å². The molecule has 0 aromatic heterocycles. The van der Waals surface area contributed by atoms with Gasteiger partial charge in [0.15, 0.2) is 6.29 Å². The number of ether oxygens (including phenoxy) is 1. The minimum absolute atomic E-state index is 0.108. The normalized spacial score (nSPS) is 14.1. The summed E-state index contributed by atoms with van der Waals surface area (Å²) in [4.78, 5) is 12.0. The highest BCUT2D eigenvalue weighted by molar-refractivity contribution is 7.45. The van der Waals surface area contributed by atoms with Crippen molar-refractivity contribution >= 4 is 7.82 Å². The summed E-state index contributed by atoms with van der Waals surface area (Å²) in [5.41, 5.74) is 0. The number of rotatable bonds is 38. The van der Waals surface area contributed by atoms with Crippen molar-refractivity contribution in [1.82, 2.24) is 0 Å². The Morgan fingerprint density at radius 3 is 1.28 bits per heavy atom. The van der Waals surface area contributed by atoms with E-state index in [1.54, 1.807) is 0 Å². The first kappa shape index (κ1) is 46.0. The number of hydrogen-bond acceptors (Lipinski definition) is 6. The first-order valence-electron chi connectivity index (χ1n) is 19.9. The summed E-state index contributed by atoms with van der Waals surface area (Å²) >= 11 is 0. The predicted octanol–water partition coefficient (Wildman–Crippen LogP) is 10.9. The van der Waals surface area contributed by atoms with E-state index in [-0.39, 0.29) is 19.6 Å². The van der Waals surface area contributed by atoms with Crippen LogP contribution in [0.1, 0.15) is 193 Å². The van der Waals surface area contributed by atoms with E-state index in [1.165, 1.54) is 154 Å². The van der Waals surface area contributed by atoms with Gasteiger partial charge in [-0.1, -0.05) is 161 Å². The second kappa shape index (κ2) is 33.5. The third-order valence-electron chi connectivity index (χ3n) is 8.87. The minimum Gasteiger partial charge on any atom is -0.756 e. The highest BCUT2D eigenvalue weighted by atomic mass is 31.2. The summed E-state index contributed by atoms with van der Waals surface area (Å²) in [7, 11) is 2.29. The van der Waals surface area contributed by atoms with E-state index in [0.29, 0.717) is 13.0 Å². The monoisotopic (exact) mass is 678 g/mol. The number of phosphoric ester groups is 1. The van der Waals surface area contributed by atoms with Crippen molar-refractivity contribution in [2.45, 2.75) is 199 Å². The third-order valence-corrected chi connectivity index (χ3v) is 9.88. The largest absolute Gasteiger partial charge is 0.756 e. The molecule has 0 spiro atoms. The fourth-order valence-corrected chi connectivity index (χ4v) is 6.72. The SMILES string of the molecule is CCCCCCCCCCCCCCCCCCOCCC(O)OP(=O)([O-])OCCCCCCCCCCCCCC[N+](C)(C)C. The van der Waals surface area contributed by atoms with E-state index in [0.717, 1.165) is 30.2 Å². The van der Waals surface area contributed by atoms with Crippen LogP contribution in [0.25, 0.3) is 0 Å². The molecule has 0 aliphatic carbocycles. The lowest BCUT2D eigenvalue weighted by atomic mass is 10.0. The van der Waals surface area contributed by atoms with Crippen LogP contribution in [0.4, 0.5) is 0 Å². The molecule has 8 heteroatoms. The van der Waals surface area contributed by atoms with Crippen LogP contribution in [0.5, 0.6) is 0 Å². The molecule has 1 N–H and O–H groups in total. The highest BCUT2D eigenvalue weighted by Gasteiger charge is 2.16. The molecule has 0 heterocycles. The third kappa shape index (κ3) is 38.4. The number of aliphatic hydroxyl groups excluding tert-OH is 1. The summed E-state index contributed by atoms with van der Waals surface area (Å²) in [6, 6.07) is 0. The first-order valence-corrected chi connectivity index (χ1v) is 21.3. The minimum atomic E-state index is -4.49. The molecule has 46 heavy (non-hydrogen) atoms. The second-order valence-corrected chi connectivity index (χ2v) is 16.2. The fourth-order valence-electron chi connectivity index (χ4n) is 5.90. The molecular formula is C38H80NO6P. The Kier molecular flexibility index (Phi) is 33.5. The van der Waals surface area contributed by atoms with Gasteiger partial charge in [0.2, 0.25) is 0 Å². The van der Waals surface area contributed by atoms with Gasteiger partial charge in [0.1, 0.15) is 0 Å². The molecule has 7 nitrogen and oxygen atoms in total. The lowest BCUT2D eigenvalue weighted by Gasteiger charge is -2.25. The molecule has 0 bridgehead atoms. The molecule has 0 saturated heterocycles. The Bertz CT molecular complexity index is 660. The van der Waals surface area contributed by atoms with Gasteiger partial charge >= 0.3 is 0 Å². The molecule has 0 radical (unpaired) electrons. The molecule has 0 fully saturated rings. The van der Waals surface area contributed by atoms with Crippen LogP contribution >= 0.6 is 7.82 Å². The summed E-state index contributed by atoms with van der Waals surface area (Å²) in [5, 5.41) is 9.92. The number of hydrogen-bond donors (Lipinski definition) is 1. The number of nitrogens with zero attached hydrogens (tertiary/aromatic N) is 1. The molecule has 0 aromatic rings. The highest BCUT2D eigenvalue weighted by Crippen LogP contribution is 2.40. The number of quaternary nitrogens is 1. The standard InChI is InChI=1S/C38H80NO6P/c1-5-6-7-8-9-10-11-12-13-14-16-19-22-25-28-31-35-43-37-33-38(40)45-46(41,42)44-36-32-29-26-23-20-17-15-18-21-24-27-30-34-39(2,3)4/h38,40H,5-37H2,1-4H3. The van der Waals surface area contributed by atoms with Crippen molar-refractivity contribution < 1.29 is 32.8 Å². The lowest BCUT2D eigenvalue weighted by Crippen LogP contribution is -2.35. The van der Waals surface area contributed by atoms with E-state index in [4.69, 9.17) is 13.8 Å². The van der Waals surface area contributed by atoms with Crippen molar-refractivity contribution in [3.05, 3.63) is 0 Å². The van der Waals surface area contributed by atoms with Crippen LogP contribution in [0.2, 0.25) is 0 Å². The molecule has 278 valence electrons. The average molecular weight is 678 g/mol. The average Bonchev–Trinajstić information content (AvgIpc) is 2.99. The molecule has 0 amide bonds. The molecule has 2 atom stereocenters. The zero-order valence-corrected chi connectivity index (χ0v) is 32.2. The van der Waals surface area contributed by atoms with Gasteiger partial charge in [-0.3, -0.25) is 9.09 Å². The Morgan fingerprint density at radius 1 is 0.543 bits per heavy atom. The number of phosphoric acid groups is 1. The predicted molar refractivity (Wildman–Crippen MR) is 194 cm³/mol. The van der Waals surface area contributed by atoms with Crippen molar-refractivity contribution in [2.75, 3.05) is 47.5 Å². The lowest BCUT2D eigenvalue weighted by molar-refractivity contribution is -0.870. The van der Waals surface area contributed by atoms with Crippen molar-refractivity contribution in [3.63, 3.8) is 0 Å². The van der Waals surface area contributed by atoms with Crippen molar-refractivity contribution in [3.8, 4) is 0 Å². The number of aliphatic hydroxyl groups is 1. The van der Waals surface area contributed by atoms with Crippen LogP contribution in [-0.4, -0.2) is 63.4 Å². The van der Waals surface area contributed by atoms with Gasteiger partial charge in [0.25, 0.3) is 7.82 Å². The first-order chi connectivity index (χ1) is 22.2. The Labute approximate surface area is 287 Å². The molecule has 0 aliphatic rings. The smallest absolute Gasteiger partial charge is 0.270 e. The molecular weight excluding hydrogens is 597 g/mol. The summed E-state index contributed by atoms with van der Waals surface area (Å²) in [5.74, 6) is 0. The number of unbranched alkanes of at least 4 members (excludes halogenated alkanes) is 26. The van der Waals surface area contributed by atoms with Gasteiger partial charge in [-0.2, -0.15) is 0 Å². The zero-order valence-electron chi connectivity index (χ0n) is 31.3. The quantitative estimate of drug-likeness (QED) is 0.0303. The van der Waals surface area contributed by atoms with E-state index in [2.05, 4.69) is 28.1 Å². The maximum absolute atomic E-state index is 12.0. The molecule has 2 unspecified atom stereocenters. The van der Waals surface area contributed by atoms with Crippen LogP contribution in [0.15, 0.2) is 0 Å². The maximum atomic E-state index is 12.0. The van der Waals surface area contributed by atoms with E-state index < -0.39 is 14.1 Å². The Hall–Kier alpha value is -0.0100. The van der Waals surface area contributed by atoms with Crippen molar-refractivity contribution in [2.24, 2.45) is 0 Å². The van der Waals surface area contributed by atoms with Crippen LogP contribution < -0.4 is 4.89 Å². The molecule has 0 aliphatic heterocycles. The van der Waals surface area contributed by atoms with Gasteiger partial charge in [0, 0.05) is 13.0 Å². The van der Waals surface area contributed by atoms with Crippen LogP contribution in [-0.2, 0) is 18.3 Å². The van der Waals surface area contributed by atoms with E-state index in [9.17, 15) is 14.6 Å². The van der Waals surface area contributed by atoms with Gasteiger partial charge in [-0.05, 0) is 25.7 Å². The summed E-state index contributed by atoms with van der Waals surface area (Å²) in [6.45, 7) is 4.56. The van der Waals surface area contributed by atoms with Gasteiger partial charge in [0.05, 0.1) is 40.9 Å². The summed E-state index contributed by atoms with van der Waals surface area (Å²) in [6.07, 6.45) is 34.6. The fraction of sp³-hybridized carbons (Fsp3) is 1.00. The summed E-state index contributed by atoms with van der Waals surface area (Å²) < 4.78 is 28.3. The zero-order chi connectivity index (χ0) is 34.0. The van der Waals surface area contributed by atoms with Crippen LogP contribution in [0, 0.1) is 0 Å². The Balaban J connectivity index is 3.39. The molecule has 0 aromatic carbocycles. The van der Waals surface area contributed by atoms with Crippen molar-refractivity contribution in [1.29, 1.82) is 0 Å². The molecule has 0 rings (SSSR count). The maximum Gasteiger partial charge on any atom is 0.270 e. The molecule has 0 saturated carbocycles. The Morgan fingerprint density at radius 2 is 0.891 bits per heavy atom. The topological polar surface area (TPSA) is 88.0 Å². The van der Waals surface area contributed by atoms with Gasteiger partial charge in [-0.15, -0.1) is 0 Å². The van der Waals surface area contributed by atoms with Gasteiger partial charge in [-0.25, -0.2) is 0 Å². The van der Waals surface area contributed by atoms with Gasteiger partial charge < -0.3 is 23.7 Å². The second-order valence-electron chi connectivity index (χ2n) is 14.8. The van der Waals surface area contributed by atoms with E-state index in [1.807, 2.05) is 0 Å².